The Hall–Kier alpha value is -3.95. The zero-order valence-electron chi connectivity index (χ0n) is 19.0. The molecule has 9 nitrogen and oxygen atoms in total. The Morgan fingerprint density at radius 2 is 1.97 bits per heavy atom. The van der Waals surface area contributed by atoms with Crippen molar-refractivity contribution in [2.75, 3.05) is 13.1 Å². The molecule has 1 aliphatic carbocycles. The number of hydrogen-bond donors (Lipinski definition) is 2. The van der Waals surface area contributed by atoms with Crippen LogP contribution in [0.25, 0.3) is 11.1 Å². The van der Waals surface area contributed by atoms with Gasteiger partial charge in [0.15, 0.2) is 6.17 Å². The number of primary amides is 1. The third-order valence-corrected chi connectivity index (χ3v) is 6.15. The number of hydrogen-bond acceptors (Lipinski definition) is 6. The minimum atomic E-state index is -1.41. The molecule has 3 N–H and O–H groups in total. The normalized spacial score (nSPS) is 19.9. The molecule has 2 atom stereocenters. The summed E-state index contributed by atoms with van der Waals surface area (Å²) in [5.74, 6) is 0.0414. The number of carbonyl (C=O) groups is 2. The SMILES string of the molecule is NC(=O)c1cc(-c2cn[nH]c2)ccc1O[C@@H]1CCN(C(=O)Cc2ccc(OC3CC3)cn2)C[C@@H]1F. The van der Waals surface area contributed by atoms with Crippen molar-refractivity contribution in [1.29, 1.82) is 0 Å². The van der Waals surface area contributed by atoms with Crippen molar-refractivity contribution in [2.45, 2.75) is 44.1 Å². The molecule has 5 rings (SSSR count). The molecule has 2 aliphatic rings. The second kappa shape index (κ2) is 9.73. The Bertz CT molecular complexity index is 1200. The summed E-state index contributed by atoms with van der Waals surface area (Å²) in [5.41, 5.74) is 7.83. The molecule has 2 fully saturated rings. The maximum atomic E-state index is 15.0. The van der Waals surface area contributed by atoms with Gasteiger partial charge in [-0.15, -0.1) is 0 Å². The van der Waals surface area contributed by atoms with E-state index < -0.39 is 18.2 Å². The Morgan fingerprint density at radius 1 is 1.11 bits per heavy atom. The lowest BCUT2D eigenvalue weighted by Gasteiger charge is -2.35. The molecular weight excluding hydrogens is 453 g/mol. The van der Waals surface area contributed by atoms with Crippen LogP contribution in [0.15, 0.2) is 48.9 Å². The van der Waals surface area contributed by atoms with E-state index >= 15 is 4.39 Å². The highest BCUT2D eigenvalue weighted by molar-refractivity contribution is 5.97. The molecule has 1 saturated carbocycles. The van der Waals surface area contributed by atoms with Gasteiger partial charge in [-0.25, -0.2) is 4.39 Å². The summed E-state index contributed by atoms with van der Waals surface area (Å²) in [6.07, 6.45) is 5.50. The first kappa shape index (κ1) is 22.8. The molecule has 3 aromatic rings. The Balaban J connectivity index is 1.19. The Kier molecular flexibility index (Phi) is 6.35. The summed E-state index contributed by atoms with van der Waals surface area (Å²) in [6, 6.07) is 8.53. The summed E-state index contributed by atoms with van der Waals surface area (Å²) in [5, 5.41) is 6.61. The average Bonchev–Trinajstić information content (AvgIpc) is 3.49. The van der Waals surface area contributed by atoms with E-state index in [2.05, 4.69) is 15.2 Å². The molecule has 1 saturated heterocycles. The lowest BCUT2D eigenvalue weighted by Crippen LogP contribution is -2.49. The number of pyridine rings is 1. The van der Waals surface area contributed by atoms with Gasteiger partial charge in [-0.2, -0.15) is 5.10 Å². The van der Waals surface area contributed by atoms with Gasteiger partial charge >= 0.3 is 0 Å². The smallest absolute Gasteiger partial charge is 0.252 e. The van der Waals surface area contributed by atoms with Crippen molar-refractivity contribution in [3.8, 4) is 22.6 Å². The number of nitrogens with one attached hydrogen (secondary N) is 1. The summed E-state index contributed by atoms with van der Waals surface area (Å²) < 4.78 is 26.6. The zero-order valence-corrected chi connectivity index (χ0v) is 19.0. The van der Waals surface area contributed by atoms with Crippen LogP contribution in [0.4, 0.5) is 4.39 Å². The van der Waals surface area contributed by atoms with Crippen molar-refractivity contribution in [3.63, 3.8) is 0 Å². The number of carbonyl (C=O) groups excluding carboxylic acids is 2. The predicted octanol–water partition coefficient (Wildman–Crippen LogP) is 2.67. The number of halogens is 1. The fourth-order valence-corrected chi connectivity index (χ4v) is 4.05. The number of aromatic amines is 1. The lowest BCUT2D eigenvalue weighted by molar-refractivity contribution is -0.134. The minimum Gasteiger partial charge on any atom is -0.489 e. The highest BCUT2D eigenvalue weighted by Gasteiger charge is 2.34. The van der Waals surface area contributed by atoms with Crippen LogP contribution >= 0.6 is 0 Å². The third-order valence-electron chi connectivity index (χ3n) is 6.15. The van der Waals surface area contributed by atoms with Crippen LogP contribution in [-0.2, 0) is 11.2 Å². The zero-order chi connectivity index (χ0) is 24.4. The lowest BCUT2D eigenvalue weighted by atomic mass is 10.0. The van der Waals surface area contributed by atoms with Crippen LogP contribution in [-0.4, -0.2) is 63.4 Å². The number of nitrogens with zero attached hydrogens (tertiary/aromatic N) is 3. The van der Waals surface area contributed by atoms with Gasteiger partial charge < -0.3 is 20.1 Å². The van der Waals surface area contributed by atoms with Crippen molar-refractivity contribution in [2.24, 2.45) is 5.73 Å². The van der Waals surface area contributed by atoms with Crippen molar-refractivity contribution in [1.82, 2.24) is 20.1 Å². The van der Waals surface area contributed by atoms with Crippen LogP contribution in [0.1, 0.15) is 35.3 Å². The summed E-state index contributed by atoms with van der Waals surface area (Å²) in [6.45, 7) is 0.247. The number of benzene rings is 1. The van der Waals surface area contributed by atoms with Gasteiger partial charge in [0.25, 0.3) is 5.91 Å². The number of piperidine rings is 1. The van der Waals surface area contributed by atoms with Crippen LogP contribution < -0.4 is 15.2 Å². The largest absolute Gasteiger partial charge is 0.489 e. The average molecular weight is 480 g/mol. The van der Waals surface area contributed by atoms with Gasteiger partial charge in [-0.1, -0.05) is 6.07 Å². The maximum Gasteiger partial charge on any atom is 0.252 e. The molecule has 0 unspecified atom stereocenters. The maximum absolute atomic E-state index is 15.0. The fourth-order valence-electron chi connectivity index (χ4n) is 4.05. The summed E-state index contributed by atoms with van der Waals surface area (Å²) >= 11 is 0. The molecule has 2 amide bonds. The van der Waals surface area contributed by atoms with Crippen molar-refractivity contribution < 1.29 is 23.5 Å². The van der Waals surface area contributed by atoms with E-state index in [1.807, 2.05) is 0 Å². The van der Waals surface area contributed by atoms with Crippen LogP contribution in [0.5, 0.6) is 11.5 Å². The molecule has 2 aromatic heterocycles. The van der Waals surface area contributed by atoms with Gasteiger partial charge in [0.1, 0.15) is 17.6 Å². The second-order valence-corrected chi connectivity index (χ2v) is 8.84. The highest BCUT2D eigenvalue weighted by atomic mass is 19.1. The Labute approximate surface area is 201 Å². The van der Waals surface area contributed by atoms with Crippen molar-refractivity contribution in [3.05, 3.63) is 60.2 Å². The number of likely N-dealkylation sites (tertiary alicyclic amines) is 1. The number of H-pyrrole nitrogens is 1. The number of amides is 2. The molecule has 35 heavy (non-hydrogen) atoms. The molecule has 3 heterocycles. The molecule has 1 aromatic carbocycles. The molecule has 1 aliphatic heterocycles. The topological polar surface area (TPSA) is 123 Å². The quantitative estimate of drug-likeness (QED) is 0.512. The standard InChI is InChI=1S/C25H26FN5O4/c26-21-14-31(24(32)10-17-2-3-19(13-28-17)34-18-4-5-18)8-7-23(21)35-22-6-1-15(9-20(22)25(27)33)16-11-29-30-12-16/h1-3,6,9,11-13,18,21,23H,4-5,7-8,10,14H2,(H2,27,33)(H,29,30)/t21-,23+/m0/s1. The van der Waals surface area contributed by atoms with Crippen LogP contribution in [0, 0.1) is 0 Å². The van der Waals surface area contributed by atoms with Gasteiger partial charge in [0.05, 0.1) is 37.0 Å². The van der Waals surface area contributed by atoms with Gasteiger partial charge in [0, 0.05) is 30.4 Å². The van der Waals surface area contributed by atoms with Gasteiger partial charge in [-0.05, 0) is 42.7 Å². The molecule has 0 bridgehead atoms. The van der Waals surface area contributed by atoms with E-state index in [9.17, 15) is 9.59 Å². The number of nitrogens with two attached hydrogens (primary N) is 1. The monoisotopic (exact) mass is 479 g/mol. The fraction of sp³-hybridized carbons (Fsp3) is 0.360. The first-order chi connectivity index (χ1) is 17.0. The molecule has 10 heteroatoms. The number of rotatable bonds is 8. The first-order valence-corrected chi connectivity index (χ1v) is 11.6. The van der Waals surface area contributed by atoms with E-state index in [1.54, 1.807) is 48.9 Å². The second-order valence-electron chi connectivity index (χ2n) is 8.84. The predicted molar refractivity (Wildman–Crippen MR) is 125 cm³/mol. The first-order valence-electron chi connectivity index (χ1n) is 11.6. The molecule has 182 valence electrons. The van der Waals surface area contributed by atoms with Crippen LogP contribution in [0.3, 0.4) is 0 Å². The van der Waals surface area contributed by atoms with E-state index in [0.29, 0.717) is 18.0 Å². The highest BCUT2D eigenvalue weighted by Crippen LogP contribution is 2.29. The summed E-state index contributed by atoms with van der Waals surface area (Å²) in [7, 11) is 0. The number of aromatic nitrogens is 3. The van der Waals surface area contributed by atoms with E-state index in [0.717, 1.165) is 24.0 Å². The van der Waals surface area contributed by atoms with Gasteiger partial charge in [0.2, 0.25) is 5.91 Å². The van der Waals surface area contributed by atoms with Gasteiger partial charge in [-0.3, -0.25) is 19.7 Å². The number of ether oxygens (including phenoxy) is 2. The molecule has 0 spiro atoms. The van der Waals surface area contributed by atoms with E-state index in [1.165, 1.54) is 4.90 Å². The minimum absolute atomic E-state index is 0.0866. The summed E-state index contributed by atoms with van der Waals surface area (Å²) in [4.78, 5) is 30.5. The Morgan fingerprint density at radius 3 is 2.63 bits per heavy atom. The third kappa shape index (κ3) is 5.42. The van der Waals surface area contributed by atoms with Crippen molar-refractivity contribution >= 4 is 11.8 Å². The number of alkyl halides is 1. The van der Waals surface area contributed by atoms with Crippen LogP contribution in [0.2, 0.25) is 0 Å². The molecular formula is C25H26FN5O4. The van der Waals surface area contributed by atoms with E-state index in [4.69, 9.17) is 15.2 Å². The van der Waals surface area contributed by atoms with E-state index in [-0.39, 0.29) is 42.7 Å². The molecule has 0 radical (unpaired) electrons.